The van der Waals surface area contributed by atoms with Crippen molar-refractivity contribution in [2.24, 2.45) is 5.92 Å². The van der Waals surface area contributed by atoms with Gasteiger partial charge in [-0.25, -0.2) is 4.98 Å². The smallest absolute Gasteiger partial charge is 0.279 e. The maximum Gasteiger partial charge on any atom is 0.279 e. The molecule has 0 amide bonds. The van der Waals surface area contributed by atoms with Crippen LogP contribution in [0.25, 0.3) is 0 Å². The Balaban J connectivity index is 1.60. The minimum Gasteiger partial charge on any atom is -0.357 e. The molecule has 1 aromatic heterocycles. The van der Waals surface area contributed by atoms with Crippen LogP contribution >= 0.6 is 0 Å². The van der Waals surface area contributed by atoms with E-state index in [0.29, 0.717) is 25.6 Å². The van der Waals surface area contributed by atoms with Crippen LogP contribution in [0.1, 0.15) is 38.2 Å². The molecule has 0 spiro atoms. The van der Waals surface area contributed by atoms with Crippen LogP contribution in [-0.2, 0) is 16.8 Å². The molecule has 0 unspecified atom stereocenters. The third-order valence-corrected chi connectivity index (χ3v) is 6.34. The second-order valence-electron chi connectivity index (χ2n) is 6.62. The molecule has 0 atom stereocenters. The summed E-state index contributed by atoms with van der Waals surface area (Å²) in [6.45, 7) is 5.80. The molecule has 2 aliphatic rings. The maximum atomic E-state index is 12.4. The first-order valence-electron chi connectivity index (χ1n) is 8.49. The number of aromatic nitrogens is 1. The van der Waals surface area contributed by atoms with E-state index in [0.717, 1.165) is 37.3 Å². The predicted molar refractivity (Wildman–Crippen MR) is 91.4 cm³/mol. The van der Waals surface area contributed by atoms with Crippen LogP contribution in [0, 0.1) is 5.92 Å². The number of hydrogen-bond acceptors (Lipinski definition) is 4. The van der Waals surface area contributed by atoms with E-state index in [1.807, 2.05) is 12.1 Å². The number of pyridine rings is 1. The van der Waals surface area contributed by atoms with E-state index in [1.54, 1.807) is 10.5 Å². The average molecular weight is 338 g/mol. The first kappa shape index (κ1) is 16.7. The molecule has 2 fully saturated rings. The Morgan fingerprint density at radius 3 is 2.61 bits per heavy atom. The second-order valence-corrected chi connectivity index (χ2v) is 8.38. The predicted octanol–water partition coefficient (Wildman–Crippen LogP) is 1.75. The fourth-order valence-corrected chi connectivity index (χ4v) is 4.40. The monoisotopic (exact) mass is 338 g/mol. The minimum atomic E-state index is -3.39. The third kappa shape index (κ3) is 4.22. The molecule has 2 saturated heterocycles. The Bertz CT molecular complexity index is 621. The van der Waals surface area contributed by atoms with Gasteiger partial charge in [0, 0.05) is 38.9 Å². The zero-order chi connectivity index (χ0) is 16.3. The van der Waals surface area contributed by atoms with Crippen molar-refractivity contribution in [1.29, 1.82) is 0 Å². The van der Waals surface area contributed by atoms with Gasteiger partial charge in [-0.1, -0.05) is 6.92 Å². The van der Waals surface area contributed by atoms with Crippen molar-refractivity contribution in [1.82, 2.24) is 14.0 Å². The number of nitrogens with zero attached hydrogens (tertiary/aromatic N) is 3. The molecule has 0 aromatic carbocycles. The maximum absolute atomic E-state index is 12.4. The first-order valence-corrected chi connectivity index (χ1v) is 9.93. The fraction of sp³-hybridized carbons (Fsp3) is 0.688. The van der Waals surface area contributed by atoms with Crippen molar-refractivity contribution < 1.29 is 8.42 Å². The Hall–Kier alpha value is -1.18. The van der Waals surface area contributed by atoms with Crippen LogP contribution in [0.2, 0.25) is 0 Å². The van der Waals surface area contributed by atoms with Crippen LogP contribution in [0.15, 0.2) is 18.3 Å². The number of anilines is 1. The zero-order valence-corrected chi connectivity index (χ0v) is 14.6. The van der Waals surface area contributed by atoms with Crippen molar-refractivity contribution >= 4 is 16.0 Å². The molecular weight excluding hydrogens is 312 g/mol. The summed E-state index contributed by atoms with van der Waals surface area (Å²) >= 11 is 0. The highest BCUT2D eigenvalue weighted by Crippen LogP contribution is 2.20. The Morgan fingerprint density at radius 2 is 1.91 bits per heavy atom. The Kier molecular flexibility index (Phi) is 5.18. The summed E-state index contributed by atoms with van der Waals surface area (Å²) in [6.07, 6.45) is 6.04. The zero-order valence-electron chi connectivity index (χ0n) is 13.7. The van der Waals surface area contributed by atoms with Crippen molar-refractivity contribution in [3.63, 3.8) is 0 Å². The molecule has 0 bridgehead atoms. The summed E-state index contributed by atoms with van der Waals surface area (Å²) in [5.41, 5.74) is 0.954. The molecule has 128 valence electrons. The first-order chi connectivity index (χ1) is 11.0. The molecule has 0 radical (unpaired) electrons. The van der Waals surface area contributed by atoms with E-state index in [2.05, 4.69) is 21.5 Å². The topological polar surface area (TPSA) is 65.5 Å². The molecule has 0 aliphatic carbocycles. The van der Waals surface area contributed by atoms with Crippen molar-refractivity contribution in [3.05, 3.63) is 23.9 Å². The molecule has 1 N–H and O–H groups in total. The van der Waals surface area contributed by atoms with Crippen LogP contribution in [0.4, 0.5) is 5.82 Å². The summed E-state index contributed by atoms with van der Waals surface area (Å²) in [7, 11) is -3.39. The summed E-state index contributed by atoms with van der Waals surface area (Å²) in [4.78, 5) is 6.66. The number of rotatable bonds is 5. The van der Waals surface area contributed by atoms with Crippen LogP contribution in [0.3, 0.4) is 0 Å². The van der Waals surface area contributed by atoms with Crippen LogP contribution in [0.5, 0.6) is 0 Å². The van der Waals surface area contributed by atoms with E-state index < -0.39 is 10.2 Å². The normalized spacial score (nSPS) is 21.0. The van der Waals surface area contributed by atoms with E-state index in [-0.39, 0.29) is 0 Å². The summed E-state index contributed by atoms with van der Waals surface area (Å²) in [6, 6.07) is 3.87. The molecule has 7 heteroatoms. The Labute approximate surface area is 139 Å². The lowest BCUT2D eigenvalue weighted by Crippen LogP contribution is -2.44. The number of hydrogen-bond donors (Lipinski definition) is 1. The summed E-state index contributed by atoms with van der Waals surface area (Å²) < 4.78 is 29.1. The van der Waals surface area contributed by atoms with Gasteiger partial charge in [0.15, 0.2) is 0 Å². The molecule has 0 saturated carbocycles. The van der Waals surface area contributed by atoms with Gasteiger partial charge in [0.2, 0.25) is 0 Å². The molecule has 2 aliphatic heterocycles. The number of nitrogens with one attached hydrogen (secondary N) is 1. The summed E-state index contributed by atoms with van der Waals surface area (Å²) in [5.74, 6) is 1.57. The molecule has 23 heavy (non-hydrogen) atoms. The van der Waals surface area contributed by atoms with Crippen LogP contribution in [-0.4, -0.2) is 43.9 Å². The van der Waals surface area contributed by atoms with Crippen molar-refractivity contribution in [2.45, 2.75) is 39.2 Å². The van der Waals surface area contributed by atoms with Crippen molar-refractivity contribution in [2.75, 3.05) is 31.1 Å². The minimum absolute atomic E-state index is 0.317. The lowest BCUT2D eigenvalue weighted by molar-refractivity contribution is 0.285. The van der Waals surface area contributed by atoms with Crippen LogP contribution < -0.4 is 9.62 Å². The highest BCUT2D eigenvalue weighted by molar-refractivity contribution is 7.87. The highest BCUT2D eigenvalue weighted by atomic mass is 32.2. The third-order valence-electron chi connectivity index (χ3n) is 4.78. The highest BCUT2D eigenvalue weighted by Gasteiger charge is 2.26. The van der Waals surface area contributed by atoms with Gasteiger partial charge in [-0.3, -0.25) is 0 Å². The average Bonchev–Trinajstić information content (AvgIpc) is 3.08. The quantitative estimate of drug-likeness (QED) is 0.888. The Morgan fingerprint density at radius 1 is 1.22 bits per heavy atom. The number of piperidine rings is 1. The van der Waals surface area contributed by atoms with Gasteiger partial charge < -0.3 is 4.90 Å². The molecule has 3 heterocycles. The molecule has 3 rings (SSSR count). The van der Waals surface area contributed by atoms with Gasteiger partial charge in [-0.2, -0.15) is 17.4 Å². The fourth-order valence-electron chi connectivity index (χ4n) is 3.18. The SMILES string of the molecule is CC1CCN(S(=O)(=O)NCc2ccnc(N3CCCC3)c2)CC1. The van der Waals surface area contributed by atoms with Gasteiger partial charge in [0.1, 0.15) is 5.82 Å². The largest absolute Gasteiger partial charge is 0.357 e. The lowest BCUT2D eigenvalue weighted by atomic mass is 10.0. The van der Waals surface area contributed by atoms with E-state index in [1.165, 1.54) is 12.8 Å². The van der Waals surface area contributed by atoms with Gasteiger partial charge in [0.05, 0.1) is 0 Å². The van der Waals surface area contributed by atoms with Gasteiger partial charge >= 0.3 is 0 Å². The molecule has 1 aromatic rings. The second kappa shape index (κ2) is 7.15. The van der Waals surface area contributed by atoms with Crippen molar-refractivity contribution in [3.8, 4) is 0 Å². The standard InChI is InChI=1S/C16H26N4O2S/c1-14-5-10-20(11-6-14)23(21,22)18-13-15-4-7-17-16(12-15)19-8-2-3-9-19/h4,7,12,14,18H,2-3,5-6,8-11,13H2,1H3. The lowest BCUT2D eigenvalue weighted by Gasteiger charge is -2.29. The van der Waals surface area contributed by atoms with E-state index in [9.17, 15) is 8.42 Å². The van der Waals surface area contributed by atoms with Gasteiger partial charge in [-0.05, 0) is 49.3 Å². The van der Waals surface area contributed by atoms with Gasteiger partial charge in [0.25, 0.3) is 10.2 Å². The molecule has 6 nitrogen and oxygen atoms in total. The van der Waals surface area contributed by atoms with E-state index >= 15 is 0 Å². The van der Waals surface area contributed by atoms with Gasteiger partial charge in [-0.15, -0.1) is 0 Å². The summed E-state index contributed by atoms with van der Waals surface area (Å²) in [5, 5.41) is 0. The van der Waals surface area contributed by atoms with E-state index in [4.69, 9.17) is 0 Å². The molecular formula is C16H26N4O2S.